The number of carbonyl (C=O) groups is 1. The SMILES string of the molecule is CCCc1ccc(C(C)(NCC(C)C)C(N)=O)cc1. The molecular weight excluding hydrogens is 236 g/mol. The highest BCUT2D eigenvalue weighted by Crippen LogP contribution is 2.21. The summed E-state index contributed by atoms with van der Waals surface area (Å²) in [7, 11) is 0. The van der Waals surface area contributed by atoms with E-state index in [1.54, 1.807) is 0 Å². The van der Waals surface area contributed by atoms with Gasteiger partial charge in [0.2, 0.25) is 5.91 Å². The summed E-state index contributed by atoms with van der Waals surface area (Å²) in [6.45, 7) is 8.99. The second-order valence-electron chi connectivity index (χ2n) is 5.71. The summed E-state index contributed by atoms with van der Waals surface area (Å²) in [5.74, 6) is 0.134. The zero-order chi connectivity index (χ0) is 14.5. The van der Waals surface area contributed by atoms with Crippen LogP contribution >= 0.6 is 0 Å². The molecule has 1 aromatic rings. The molecule has 0 heterocycles. The summed E-state index contributed by atoms with van der Waals surface area (Å²) in [6, 6.07) is 8.17. The molecule has 0 saturated carbocycles. The van der Waals surface area contributed by atoms with Crippen molar-refractivity contribution in [2.24, 2.45) is 11.7 Å². The third kappa shape index (κ3) is 4.06. The van der Waals surface area contributed by atoms with E-state index in [1.165, 1.54) is 5.56 Å². The first kappa shape index (κ1) is 15.7. The maximum atomic E-state index is 11.8. The Kier molecular flexibility index (Phi) is 5.55. The minimum Gasteiger partial charge on any atom is -0.368 e. The molecule has 0 aliphatic heterocycles. The molecule has 106 valence electrons. The summed E-state index contributed by atoms with van der Waals surface area (Å²) in [5, 5.41) is 3.29. The number of nitrogens with one attached hydrogen (secondary N) is 1. The highest BCUT2D eigenvalue weighted by Gasteiger charge is 2.32. The fourth-order valence-electron chi connectivity index (χ4n) is 2.03. The van der Waals surface area contributed by atoms with Crippen molar-refractivity contribution in [2.45, 2.75) is 46.1 Å². The van der Waals surface area contributed by atoms with E-state index in [9.17, 15) is 4.79 Å². The van der Waals surface area contributed by atoms with Gasteiger partial charge in [-0.05, 0) is 36.9 Å². The van der Waals surface area contributed by atoms with Crippen molar-refractivity contribution in [3.63, 3.8) is 0 Å². The molecule has 0 radical (unpaired) electrons. The number of rotatable bonds is 7. The summed E-state index contributed by atoms with van der Waals surface area (Å²) in [4.78, 5) is 11.8. The van der Waals surface area contributed by atoms with E-state index >= 15 is 0 Å². The molecular formula is C16H26N2O. The summed E-state index contributed by atoms with van der Waals surface area (Å²) in [6.07, 6.45) is 2.19. The second-order valence-corrected chi connectivity index (χ2v) is 5.71. The molecule has 19 heavy (non-hydrogen) atoms. The van der Waals surface area contributed by atoms with Crippen molar-refractivity contribution in [3.05, 3.63) is 35.4 Å². The van der Waals surface area contributed by atoms with Crippen LogP contribution in [-0.2, 0) is 16.8 Å². The highest BCUT2D eigenvalue weighted by molar-refractivity contribution is 5.85. The average Bonchev–Trinajstić information content (AvgIpc) is 2.37. The first-order chi connectivity index (χ1) is 8.90. The second kappa shape index (κ2) is 6.71. The minimum atomic E-state index is -0.797. The van der Waals surface area contributed by atoms with Gasteiger partial charge in [0.05, 0.1) is 0 Å². The maximum absolute atomic E-state index is 11.8. The molecule has 1 atom stereocenters. The van der Waals surface area contributed by atoms with Gasteiger partial charge in [0.15, 0.2) is 0 Å². The lowest BCUT2D eigenvalue weighted by Gasteiger charge is -2.29. The Morgan fingerprint density at radius 3 is 2.32 bits per heavy atom. The fourth-order valence-corrected chi connectivity index (χ4v) is 2.03. The first-order valence-corrected chi connectivity index (χ1v) is 7.04. The number of benzene rings is 1. The summed E-state index contributed by atoms with van der Waals surface area (Å²) in [5.41, 5.74) is 7.01. The van der Waals surface area contributed by atoms with Crippen molar-refractivity contribution >= 4 is 5.91 Å². The Labute approximate surface area is 116 Å². The molecule has 1 amide bonds. The van der Waals surface area contributed by atoms with Crippen LogP contribution in [0, 0.1) is 5.92 Å². The number of hydrogen-bond acceptors (Lipinski definition) is 2. The largest absolute Gasteiger partial charge is 0.368 e. The molecule has 1 rings (SSSR count). The van der Waals surface area contributed by atoms with Gasteiger partial charge < -0.3 is 5.73 Å². The number of amides is 1. The van der Waals surface area contributed by atoms with E-state index in [2.05, 4.69) is 38.2 Å². The highest BCUT2D eigenvalue weighted by atomic mass is 16.1. The van der Waals surface area contributed by atoms with Crippen LogP contribution in [0.3, 0.4) is 0 Å². The van der Waals surface area contributed by atoms with Gasteiger partial charge >= 0.3 is 0 Å². The zero-order valence-corrected chi connectivity index (χ0v) is 12.5. The van der Waals surface area contributed by atoms with Crippen molar-refractivity contribution in [1.29, 1.82) is 0 Å². The lowest BCUT2D eigenvalue weighted by Crippen LogP contribution is -2.51. The van der Waals surface area contributed by atoms with Crippen LogP contribution in [0.5, 0.6) is 0 Å². The fraction of sp³-hybridized carbons (Fsp3) is 0.562. The van der Waals surface area contributed by atoms with E-state index in [4.69, 9.17) is 5.73 Å². The Morgan fingerprint density at radius 1 is 1.32 bits per heavy atom. The molecule has 1 unspecified atom stereocenters. The zero-order valence-electron chi connectivity index (χ0n) is 12.5. The van der Waals surface area contributed by atoms with Crippen LogP contribution < -0.4 is 11.1 Å². The maximum Gasteiger partial charge on any atom is 0.242 e. The van der Waals surface area contributed by atoms with Gasteiger partial charge in [0, 0.05) is 0 Å². The average molecular weight is 262 g/mol. The standard InChI is InChI=1S/C16H26N2O/c1-5-6-13-7-9-14(10-8-13)16(4,15(17)19)18-11-12(2)3/h7-10,12,18H,5-6,11H2,1-4H3,(H2,17,19). The molecule has 0 bridgehead atoms. The molecule has 3 N–H and O–H groups in total. The monoisotopic (exact) mass is 262 g/mol. The number of primary amides is 1. The molecule has 3 heteroatoms. The Bertz CT molecular complexity index is 411. The predicted octanol–water partition coefficient (Wildman–Crippen LogP) is 2.59. The van der Waals surface area contributed by atoms with Crippen LogP contribution in [0.15, 0.2) is 24.3 Å². The van der Waals surface area contributed by atoms with Crippen LogP contribution in [-0.4, -0.2) is 12.5 Å². The lowest BCUT2D eigenvalue weighted by atomic mass is 9.89. The number of hydrogen-bond donors (Lipinski definition) is 2. The molecule has 0 aliphatic carbocycles. The van der Waals surface area contributed by atoms with Gasteiger partial charge in [-0.2, -0.15) is 0 Å². The Morgan fingerprint density at radius 2 is 1.89 bits per heavy atom. The van der Waals surface area contributed by atoms with E-state index in [0.717, 1.165) is 24.9 Å². The van der Waals surface area contributed by atoms with Crippen molar-refractivity contribution in [3.8, 4) is 0 Å². The Balaban J connectivity index is 2.94. The van der Waals surface area contributed by atoms with Gasteiger partial charge in [-0.1, -0.05) is 51.5 Å². The van der Waals surface area contributed by atoms with Gasteiger partial charge in [-0.15, -0.1) is 0 Å². The Hall–Kier alpha value is -1.35. The molecule has 0 spiro atoms. The van der Waals surface area contributed by atoms with E-state index in [-0.39, 0.29) is 5.91 Å². The molecule has 0 saturated heterocycles. The van der Waals surface area contributed by atoms with E-state index in [1.807, 2.05) is 19.1 Å². The molecule has 1 aromatic carbocycles. The number of carbonyl (C=O) groups excluding carboxylic acids is 1. The van der Waals surface area contributed by atoms with Crippen LogP contribution in [0.1, 0.15) is 45.2 Å². The molecule has 3 nitrogen and oxygen atoms in total. The van der Waals surface area contributed by atoms with Crippen LogP contribution in [0.25, 0.3) is 0 Å². The van der Waals surface area contributed by atoms with Gasteiger partial charge in [0.1, 0.15) is 5.54 Å². The topological polar surface area (TPSA) is 55.1 Å². The third-order valence-corrected chi connectivity index (χ3v) is 3.43. The third-order valence-electron chi connectivity index (χ3n) is 3.43. The van der Waals surface area contributed by atoms with Crippen molar-refractivity contribution < 1.29 is 4.79 Å². The summed E-state index contributed by atoms with van der Waals surface area (Å²) >= 11 is 0. The van der Waals surface area contributed by atoms with Gasteiger partial charge in [-0.3, -0.25) is 10.1 Å². The van der Waals surface area contributed by atoms with Gasteiger partial charge in [0.25, 0.3) is 0 Å². The first-order valence-electron chi connectivity index (χ1n) is 7.04. The minimum absolute atomic E-state index is 0.337. The predicted molar refractivity (Wildman–Crippen MR) is 79.8 cm³/mol. The van der Waals surface area contributed by atoms with Crippen LogP contribution in [0.4, 0.5) is 0 Å². The molecule has 0 fully saturated rings. The molecule has 0 aliphatic rings. The number of aryl methyl sites for hydroxylation is 1. The van der Waals surface area contributed by atoms with E-state index in [0.29, 0.717) is 5.92 Å². The van der Waals surface area contributed by atoms with Crippen LogP contribution in [0.2, 0.25) is 0 Å². The normalized spacial score (nSPS) is 14.4. The lowest BCUT2D eigenvalue weighted by molar-refractivity contribution is -0.124. The molecule has 0 aromatic heterocycles. The van der Waals surface area contributed by atoms with Gasteiger partial charge in [-0.25, -0.2) is 0 Å². The van der Waals surface area contributed by atoms with Crippen molar-refractivity contribution in [2.75, 3.05) is 6.54 Å². The summed E-state index contributed by atoms with van der Waals surface area (Å²) < 4.78 is 0. The quantitative estimate of drug-likeness (QED) is 0.793. The van der Waals surface area contributed by atoms with E-state index < -0.39 is 5.54 Å². The smallest absolute Gasteiger partial charge is 0.242 e. The van der Waals surface area contributed by atoms with Crippen molar-refractivity contribution in [1.82, 2.24) is 5.32 Å². The number of nitrogens with two attached hydrogens (primary N) is 1.